The molecule has 2 aliphatic rings. The maximum Gasteiger partial charge on any atom is 0.253 e. The standard InChI is InChI=1S/C24H34N4O/c1-2-27-17-12-25-23(27)21-10-15-28(16-11-21)24(29)22-9-7-8-20(18-22)19-26-13-5-3-4-6-14-26/h7-9,12,17-18,21H,2-6,10-11,13-16,19H2,1H3. The van der Waals surface area contributed by atoms with Gasteiger partial charge in [0.2, 0.25) is 0 Å². The van der Waals surface area contributed by atoms with E-state index in [1.165, 1.54) is 50.2 Å². The number of carbonyl (C=O) groups is 1. The Morgan fingerprint density at radius 1 is 1.07 bits per heavy atom. The van der Waals surface area contributed by atoms with Gasteiger partial charge in [-0.05, 0) is 63.4 Å². The van der Waals surface area contributed by atoms with Crippen molar-refractivity contribution in [2.45, 2.75) is 64.5 Å². The molecule has 2 fully saturated rings. The summed E-state index contributed by atoms with van der Waals surface area (Å²) in [5, 5.41) is 0. The highest BCUT2D eigenvalue weighted by Crippen LogP contribution is 2.28. The SMILES string of the molecule is CCn1ccnc1C1CCN(C(=O)c2cccc(CN3CCCCCC3)c2)CC1. The van der Waals surface area contributed by atoms with E-state index in [0.717, 1.165) is 44.6 Å². The van der Waals surface area contributed by atoms with E-state index in [-0.39, 0.29) is 5.91 Å². The zero-order valence-electron chi connectivity index (χ0n) is 17.7. The summed E-state index contributed by atoms with van der Waals surface area (Å²) >= 11 is 0. The summed E-state index contributed by atoms with van der Waals surface area (Å²) in [5.41, 5.74) is 2.10. The summed E-state index contributed by atoms with van der Waals surface area (Å²) in [5.74, 6) is 1.82. The lowest BCUT2D eigenvalue weighted by Gasteiger charge is -2.32. The summed E-state index contributed by atoms with van der Waals surface area (Å²) in [6.07, 6.45) is 11.2. The lowest BCUT2D eigenvalue weighted by Crippen LogP contribution is -2.38. The van der Waals surface area contributed by atoms with Crippen LogP contribution >= 0.6 is 0 Å². The number of hydrogen-bond acceptors (Lipinski definition) is 3. The molecule has 3 heterocycles. The third-order valence-corrected chi connectivity index (χ3v) is 6.51. The van der Waals surface area contributed by atoms with Crippen LogP contribution in [0.3, 0.4) is 0 Å². The van der Waals surface area contributed by atoms with Crippen molar-refractivity contribution in [2.24, 2.45) is 0 Å². The van der Waals surface area contributed by atoms with Crippen LogP contribution in [0.2, 0.25) is 0 Å². The second-order valence-electron chi connectivity index (χ2n) is 8.53. The van der Waals surface area contributed by atoms with Crippen molar-refractivity contribution in [1.82, 2.24) is 19.4 Å². The van der Waals surface area contributed by atoms with Crippen LogP contribution in [-0.4, -0.2) is 51.4 Å². The number of aryl methyl sites for hydroxylation is 1. The Kier molecular flexibility index (Phi) is 6.65. The fraction of sp³-hybridized carbons (Fsp3) is 0.583. The van der Waals surface area contributed by atoms with E-state index < -0.39 is 0 Å². The molecule has 0 bridgehead atoms. The number of hydrogen-bond donors (Lipinski definition) is 0. The Bertz CT molecular complexity index is 799. The number of carbonyl (C=O) groups excluding carboxylic acids is 1. The summed E-state index contributed by atoms with van der Waals surface area (Å²) in [7, 11) is 0. The summed E-state index contributed by atoms with van der Waals surface area (Å²) < 4.78 is 2.23. The highest BCUT2D eigenvalue weighted by Gasteiger charge is 2.27. The number of aromatic nitrogens is 2. The van der Waals surface area contributed by atoms with Gasteiger partial charge in [0.15, 0.2) is 0 Å². The molecule has 0 spiro atoms. The molecule has 2 aromatic rings. The average molecular weight is 395 g/mol. The molecule has 1 aromatic carbocycles. The van der Waals surface area contributed by atoms with Crippen LogP contribution in [0.25, 0.3) is 0 Å². The van der Waals surface area contributed by atoms with Crippen molar-refractivity contribution in [3.63, 3.8) is 0 Å². The second-order valence-corrected chi connectivity index (χ2v) is 8.53. The molecule has 0 atom stereocenters. The molecular formula is C24H34N4O. The lowest BCUT2D eigenvalue weighted by molar-refractivity contribution is 0.0710. The van der Waals surface area contributed by atoms with E-state index in [0.29, 0.717) is 5.92 Å². The normalized spacial score (nSPS) is 19.3. The van der Waals surface area contributed by atoms with Crippen molar-refractivity contribution in [1.29, 1.82) is 0 Å². The van der Waals surface area contributed by atoms with E-state index in [2.05, 4.69) is 39.7 Å². The van der Waals surface area contributed by atoms with Gasteiger partial charge in [-0.3, -0.25) is 9.69 Å². The molecule has 4 rings (SSSR count). The minimum absolute atomic E-state index is 0.181. The molecule has 2 saturated heterocycles. The third-order valence-electron chi connectivity index (χ3n) is 6.51. The van der Waals surface area contributed by atoms with Crippen molar-refractivity contribution in [2.75, 3.05) is 26.2 Å². The lowest BCUT2D eigenvalue weighted by atomic mass is 9.95. The second kappa shape index (κ2) is 9.57. The Morgan fingerprint density at radius 2 is 1.83 bits per heavy atom. The Morgan fingerprint density at radius 3 is 2.55 bits per heavy atom. The summed E-state index contributed by atoms with van der Waals surface area (Å²) in [6.45, 7) is 8.06. The zero-order valence-corrected chi connectivity index (χ0v) is 17.7. The van der Waals surface area contributed by atoms with Crippen LogP contribution in [0.5, 0.6) is 0 Å². The molecule has 0 N–H and O–H groups in total. The molecule has 5 heteroatoms. The largest absolute Gasteiger partial charge is 0.339 e. The van der Waals surface area contributed by atoms with Crippen LogP contribution in [0, 0.1) is 0 Å². The highest BCUT2D eigenvalue weighted by molar-refractivity contribution is 5.94. The maximum absolute atomic E-state index is 13.1. The first-order valence-electron chi connectivity index (χ1n) is 11.4. The molecule has 1 aromatic heterocycles. The fourth-order valence-electron chi connectivity index (χ4n) is 4.83. The zero-order chi connectivity index (χ0) is 20.1. The highest BCUT2D eigenvalue weighted by atomic mass is 16.2. The Hall–Kier alpha value is -2.14. The van der Waals surface area contributed by atoms with Crippen LogP contribution in [0.15, 0.2) is 36.7 Å². The first kappa shape index (κ1) is 20.1. The fourth-order valence-corrected chi connectivity index (χ4v) is 4.83. The number of likely N-dealkylation sites (tertiary alicyclic amines) is 2. The van der Waals surface area contributed by atoms with Gasteiger partial charge in [0.05, 0.1) is 0 Å². The van der Waals surface area contributed by atoms with E-state index in [9.17, 15) is 4.79 Å². The van der Waals surface area contributed by atoms with Crippen molar-refractivity contribution >= 4 is 5.91 Å². The van der Waals surface area contributed by atoms with Crippen molar-refractivity contribution < 1.29 is 4.79 Å². The molecule has 156 valence electrons. The molecule has 0 unspecified atom stereocenters. The number of piperidine rings is 1. The van der Waals surface area contributed by atoms with Gasteiger partial charge in [-0.1, -0.05) is 25.0 Å². The predicted molar refractivity (Wildman–Crippen MR) is 116 cm³/mol. The van der Waals surface area contributed by atoms with E-state index in [1.54, 1.807) is 0 Å². The van der Waals surface area contributed by atoms with Gasteiger partial charge < -0.3 is 9.47 Å². The summed E-state index contributed by atoms with van der Waals surface area (Å²) in [6, 6.07) is 8.30. The molecule has 2 aliphatic heterocycles. The van der Waals surface area contributed by atoms with Crippen LogP contribution in [-0.2, 0) is 13.1 Å². The van der Waals surface area contributed by atoms with E-state index in [1.807, 2.05) is 23.2 Å². The van der Waals surface area contributed by atoms with Crippen LogP contribution < -0.4 is 0 Å². The predicted octanol–water partition coefficient (Wildman–Crippen LogP) is 4.30. The van der Waals surface area contributed by atoms with Gasteiger partial charge >= 0.3 is 0 Å². The molecule has 1 amide bonds. The molecule has 0 radical (unpaired) electrons. The molecule has 5 nitrogen and oxygen atoms in total. The van der Waals surface area contributed by atoms with Gasteiger partial charge in [0.25, 0.3) is 5.91 Å². The topological polar surface area (TPSA) is 41.4 Å². The molecule has 0 aliphatic carbocycles. The number of imidazole rings is 1. The average Bonchev–Trinajstić information content (AvgIpc) is 3.10. The van der Waals surface area contributed by atoms with E-state index >= 15 is 0 Å². The van der Waals surface area contributed by atoms with Gasteiger partial charge in [-0.15, -0.1) is 0 Å². The molecular weight excluding hydrogens is 360 g/mol. The Labute approximate surface area is 174 Å². The van der Waals surface area contributed by atoms with Crippen molar-refractivity contribution in [3.8, 4) is 0 Å². The molecule has 0 saturated carbocycles. The van der Waals surface area contributed by atoms with Gasteiger partial charge in [-0.2, -0.15) is 0 Å². The number of benzene rings is 1. The van der Waals surface area contributed by atoms with Gasteiger partial charge in [0, 0.05) is 50.1 Å². The first-order chi connectivity index (χ1) is 14.2. The van der Waals surface area contributed by atoms with Crippen molar-refractivity contribution in [3.05, 3.63) is 53.6 Å². The third kappa shape index (κ3) is 4.89. The molecule has 29 heavy (non-hydrogen) atoms. The van der Waals surface area contributed by atoms with Gasteiger partial charge in [-0.25, -0.2) is 4.98 Å². The number of amides is 1. The summed E-state index contributed by atoms with van der Waals surface area (Å²) in [4.78, 5) is 22.2. The minimum atomic E-state index is 0.181. The smallest absolute Gasteiger partial charge is 0.253 e. The maximum atomic E-state index is 13.1. The number of rotatable bonds is 5. The number of nitrogens with zero attached hydrogens (tertiary/aromatic N) is 4. The first-order valence-corrected chi connectivity index (χ1v) is 11.4. The quantitative estimate of drug-likeness (QED) is 0.759. The van der Waals surface area contributed by atoms with E-state index in [4.69, 9.17) is 0 Å². The van der Waals surface area contributed by atoms with Crippen LogP contribution in [0.1, 0.15) is 73.1 Å². The van der Waals surface area contributed by atoms with Crippen LogP contribution in [0.4, 0.5) is 0 Å². The minimum Gasteiger partial charge on any atom is -0.339 e. The monoisotopic (exact) mass is 394 g/mol. The van der Waals surface area contributed by atoms with Gasteiger partial charge in [0.1, 0.15) is 5.82 Å². The Balaban J connectivity index is 1.36.